The highest BCUT2D eigenvalue weighted by molar-refractivity contribution is 8.14. The number of hydrogen-bond acceptors (Lipinski definition) is 11. The summed E-state index contributed by atoms with van der Waals surface area (Å²) >= 11 is 0.786. The Morgan fingerprint density at radius 3 is 2.62 bits per heavy atom. The van der Waals surface area contributed by atoms with Crippen LogP contribution in [0.5, 0.6) is 0 Å². The summed E-state index contributed by atoms with van der Waals surface area (Å²) in [7, 11) is 1.07. The zero-order valence-electron chi connectivity index (χ0n) is 12.9. The second kappa shape index (κ2) is 6.79. The lowest BCUT2D eigenvalue weighted by atomic mass is 10.1. The van der Waals surface area contributed by atoms with Gasteiger partial charge in [0.15, 0.2) is 11.9 Å². The van der Waals surface area contributed by atoms with E-state index in [2.05, 4.69) is 24.7 Å². The van der Waals surface area contributed by atoms with Crippen molar-refractivity contribution >= 4 is 52.7 Å². The van der Waals surface area contributed by atoms with Crippen molar-refractivity contribution in [1.82, 2.24) is 0 Å². The number of carbonyl (C=O) groups excluding carboxylic acids is 1. The summed E-state index contributed by atoms with van der Waals surface area (Å²) in [4.78, 5) is 48.7. The van der Waals surface area contributed by atoms with Gasteiger partial charge in [-0.05, 0) is 0 Å². The van der Waals surface area contributed by atoms with Crippen LogP contribution in [-0.2, 0) is 4.74 Å². The molecular weight excluding hydrogens is 368 g/mol. The van der Waals surface area contributed by atoms with Gasteiger partial charge in [0.2, 0.25) is 0 Å². The molecule has 0 aliphatic carbocycles. The standard InChI is InChI=1S/C13H8N6O6S/c1-25-13(20)7-2-6(18(21)22)3-8(19(23)24)10(7)26-12-9-11(15-4-14-9)16-5-17-12/h2-5,9H,1H3. The molecule has 0 bridgehead atoms. The average Bonchev–Trinajstić information content (AvgIpc) is 3.10. The largest absolute Gasteiger partial charge is 0.465 e. The Bertz CT molecular complexity index is 953. The summed E-state index contributed by atoms with van der Waals surface area (Å²) in [6.45, 7) is 0. The number of carbonyl (C=O) groups is 1. The molecule has 0 amide bonds. The van der Waals surface area contributed by atoms with Gasteiger partial charge in [-0.3, -0.25) is 25.2 Å². The van der Waals surface area contributed by atoms with Crippen LogP contribution in [0.3, 0.4) is 0 Å². The van der Waals surface area contributed by atoms with Gasteiger partial charge in [0.1, 0.15) is 22.6 Å². The van der Waals surface area contributed by atoms with Crippen molar-refractivity contribution in [2.45, 2.75) is 10.9 Å². The van der Waals surface area contributed by atoms with E-state index in [1.165, 1.54) is 12.7 Å². The molecule has 26 heavy (non-hydrogen) atoms. The summed E-state index contributed by atoms with van der Waals surface area (Å²) in [5.41, 5.74) is -1.53. The third-order valence-electron chi connectivity index (χ3n) is 3.33. The summed E-state index contributed by atoms with van der Waals surface area (Å²) < 4.78 is 4.61. The minimum atomic E-state index is -0.951. The van der Waals surface area contributed by atoms with Crippen LogP contribution in [0.15, 0.2) is 37.0 Å². The fraction of sp³-hybridized carbons (Fsp3) is 0.154. The molecule has 0 radical (unpaired) electrons. The molecule has 132 valence electrons. The van der Waals surface area contributed by atoms with Gasteiger partial charge in [-0.1, -0.05) is 11.8 Å². The van der Waals surface area contributed by atoms with Gasteiger partial charge in [-0.2, -0.15) is 0 Å². The highest BCUT2D eigenvalue weighted by Gasteiger charge is 2.33. The average molecular weight is 376 g/mol. The van der Waals surface area contributed by atoms with Crippen LogP contribution in [0.25, 0.3) is 0 Å². The number of non-ortho nitro benzene ring substituents is 1. The fourth-order valence-electron chi connectivity index (χ4n) is 2.19. The lowest BCUT2D eigenvalue weighted by molar-refractivity contribution is -0.396. The lowest BCUT2D eigenvalue weighted by Gasteiger charge is -2.15. The number of ether oxygens (including phenoxy) is 1. The third kappa shape index (κ3) is 3.06. The molecule has 2 aliphatic heterocycles. The molecule has 13 heteroatoms. The Hall–Kier alpha value is -3.48. The van der Waals surface area contributed by atoms with Crippen LogP contribution in [0.4, 0.5) is 11.4 Å². The first-order valence-electron chi connectivity index (χ1n) is 6.85. The smallest absolute Gasteiger partial charge is 0.339 e. The van der Waals surface area contributed by atoms with Crippen LogP contribution in [0.1, 0.15) is 10.4 Å². The topological polar surface area (TPSA) is 162 Å². The number of rotatable bonds is 4. The molecule has 0 aromatic heterocycles. The van der Waals surface area contributed by atoms with E-state index in [1.807, 2.05) is 0 Å². The Balaban J connectivity index is 2.14. The van der Waals surface area contributed by atoms with Gasteiger partial charge in [-0.15, -0.1) is 0 Å². The number of amidine groups is 1. The second-order valence-electron chi connectivity index (χ2n) is 4.82. The van der Waals surface area contributed by atoms with Crippen LogP contribution in [0, 0.1) is 20.2 Å². The van der Waals surface area contributed by atoms with Crippen molar-refractivity contribution in [3.63, 3.8) is 0 Å². The third-order valence-corrected chi connectivity index (χ3v) is 4.50. The maximum Gasteiger partial charge on any atom is 0.339 e. The molecule has 3 rings (SSSR count). The molecule has 1 atom stereocenters. The predicted molar refractivity (Wildman–Crippen MR) is 92.6 cm³/mol. The Morgan fingerprint density at radius 1 is 1.19 bits per heavy atom. The molecule has 0 N–H and O–H groups in total. The molecular formula is C13H8N6O6S. The van der Waals surface area contributed by atoms with Gasteiger partial charge in [-0.25, -0.2) is 19.8 Å². The summed E-state index contributed by atoms with van der Waals surface area (Å²) in [6.07, 6.45) is 2.49. The van der Waals surface area contributed by atoms with Gasteiger partial charge in [0, 0.05) is 6.07 Å². The first-order chi connectivity index (χ1) is 12.4. The maximum absolute atomic E-state index is 12.1. The summed E-state index contributed by atoms with van der Waals surface area (Å²) in [6, 6.07) is 1.05. The molecule has 12 nitrogen and oxygen atoms in total. The second-order valence-corrected chi connectivity index (χ2v) is 5.85. The van der Waals surface area contributed by atoms with Gasteiger partial charge in [0.25, 0.3) is 11.4 Å². The Labute approximate surface area is 148 Å². The molecule has 1 unspecified atom stereocenters. The van der Waals surface area contributed by atoms with E-state index in [0.29, 0.717) is 5.84 Å². The number of nitro groups is 2. The molecule has 0 saturated heterocycles. The Kier molecular flexibility index (Phi) is 4.53. The summed E-state index contributed by atoms with van der Waals surface area (Å²) in [5, 5.41) is 22.8. The zero-order valence-corrected chi connectivity index (χ0v) is 13.7. The van der Waals surface area contributed by atoms with E-state index in [9.17, 15) is 25.0 Å². The first-order valence-corrected chi connectivity index (χ1v) is 7.66. The van der Waals surface area contributed by atoms with Crippen molar-refractivity contribution in [3.05, 3.63) is 37.9 Å². The van der Waals surface area contributed by atoms with Crippen LogP contribution in [-0.4, -0.2) is 52.5 Å². The van der Waals surface area contributed by atoms with E-state index in [4.69, 9.17) is 0 Å². The van der Waals surface area contributed by atoms with E-state index >= 15 is 0 Å². The van der Waals surface area contributed by atoms with E-state index in [-0.39, 0.29) is 15.5 Å². The molecule has 0 fully saturated rings. The highest BCUT2D eigenvalue weighted by Crippen LogP contribution is 2.39. The van der Waals surface area contributed by atoms with Gasteiger partial charge in [0.05, 0.1) is 28.6 Å². The molecule has 2 aliphatic rings. The number of aliphatic imine (C=N–C) groups is 4. The molecule has 0 spiro atoms. The zero-order chi connectivity index (χ0) is 18.8. The van der Waals surface area contributed by atoms with E-state index < -0.39 is 33.2 Å². The summed E-state index contributed by atoms with van der Waals surface area (Å²) in [5.74, 6) is -0.597. The molecule has 1 aromatic carbocycles. The monoisotopic (exact) mass is 376 g/mol. The number of benzene rings is 1. The van der Waals surface area contributed by atoms with Crippen LogP contribution in [0.2, 0.25) is 0 Å². The van der Waals surface area contributed by atoms with Crippen molar-refractivity contribution in [2.75, 3.05) is 7.11 Å². The lowest BCUT2D eigenvalue weighted by Crippen LogP contribution is -2.26. The van der Waals surface area contributed by atoms with Crippen molar-refractivity contribution in [1.29, 1.82) is 0 Å². The number of esters is 1. The Morgan fingerprint density at radius 2 is 1.96 bits per heavy atom. The quantitative estimate of drug-likeness (QED) is 0.438. The number of nitro benzene ring substituents is 2. The van der Waals surface area contributed by atoms with Crippen molar-refractivity contribution in [2.24, 2.45) is 20.0 Å². The highest BCUT2D eigenvalue weighted by atomic mass is 32.2. The van der Waals surface area contributed by atoms with Gasteiger partial charge >= 0.3 is 5.97 Å². The minimum Gasteiger partial charge on any atom is -0.465 e. The first kappa shape index (κ1) is 17.3. The van der Waals surface area contributed by atoms with Gasteiger partial charge < -0.3 is 4.74 Å². The normalized spacial score (nSPS) is 17.3. The number of nitrogens with zero attached hydrogens (tertiary/aromatic N) is 6. The van der Waals surface area contributed by atoms with E-state index in [1.54, 1.807) is 0 Å². The maximum atomic E-state index is 12.1. The number of hydrogen-bond donors (Lipinski definition) is 0. The van der Waals surface area contributed by atoms with E-state index in [0.717, 1.165) is 31.0 Å². The number of thioether (sulfide) groups is 1. The fourth-order valence-corrected chi connectivity index (χ4v) is 3.26. The SMILES string of the molecule is COC(=O)c1cc([N+](=O)[O-])cc([N+](=O)[O-])c1SC1=NC=NC2=NC=NC21. The van der Waals surface area contributed by atoms with Crippen molar-refractivity contribution < 1.29 is 19.4 Å². The van der Waals surface area contributed by atoms with Crippen molar-refractivity contribution in [3.8, 4) is 0 Å². The van der Waals surface area contributed by atoms with Crippen LogP contribution >= 0.6 is 11.8 Å². The number of fused-ring (bicyclic) bond motifs is 1. The molecule has 1 aromatic rings. The van der Waals surface area contributed by atoms with Crippen LogP contribution < -0.4 is 0 Å². The number of methoxy groups -OCH3 is 1. The predicted octanol–water partition coefficient (Wildman–Crippen LogP) is 1.63. The minimum absolute atomic E-state index is 0.136. The molecule has 2 heterocycles. The molecule has 0 saturated carbocycles.